The third kappa shape index (κ3) is 7.01. The van der Waals surface area contributed by atoms with Crippen molar-refractivity contribution >= 4 is 41.3 Å². The van der Waals surface area contributed by atoms with Crippen LogP contribution in [-0.4, -0.2) is 48.6 Å². The van der Waals surface area contributed by atoms with Gasteiger partial charge in [-0.3, -0.25) is 0 Å². The van der Waals surface area contributed by atoms with Gasteiger partial charge in [0.2, 0.25) is 0 Å². The zero-order chi connectivity index (χ0) is 20.1. The monoisotopic (exact) mass is 533 g/mol. The van der Waals surface area contributed by atoms with Crippen LogP contribution in [0.1, 0.15) is 50.2 Å². The van der Waals surface area contributed by atoms with E-state index in [4.69, 9.17) is 0 Å². The Morgan fingerprint density at radius 2 is 2.11 bits per heavy atom. The normalized spacial score (nSPS) is 23.4. The van der Waals surface area contributed by atoms with Crippen LogP contribution < -0.4 is 10.6 Å². The first-order valence-corrected chi connectivity index (χ1v) is 10.3. The van der Waals surface area contributed by atoms with E-state index < -0.39 is 11.9 Å². The van der Waals surface area contributed by atoms with E-state index in [1.54, 1.807) is 0 Å². The number of aromatic nitrogens is 1. The van der Waals surface area contributed by atoms with Gasteiger partial charge < -0.3 is 15.5 Å². The highest BCUT2D eigenvalue weighted by atomic mass is 127. The van der Waals surface area contributed by atoms with E-state index >= 15 is 0 Å². The smallest absolute Gasteiger partial charge is 0.357 e. The van der Waals surface area contributed by atoms with Crippen molar-refractivity contribution in [2.45, 2.75) is 57.8 Å². The van der Waals surface area contributed by atoms with Crippen molar-refractivity contribution in [3.05, 3.63) is 16.1 Å². The van der Waals surface area contributed by atoms with Crippen LogP contribution in [0.4, 0.5) is 13.2 Å². The lowest BCUT2D eigenvalue weighted by atomic mass is 9.75. The maximum atomic E-state index is 12.7. The van der Waals surface area contributed by atoms with Crippen molar-refractivity contribution in [1.29, 1.82) is 0 Å². The SMILES string of the molecule is CCNC(=NCc1nc(C(F)(F)F)cs1)NCC1(N(C)C)CCCC(C)C1.I. The average Bonchev–Trinajstić information content (AvgIpc) is 3.06. The molecule has 2 unspecified atom stereocenters. The van der Waals surface area contributed by atoms with Gasteiger partial charge in [0.1, 0.15) is 5.01 Å². The van der Waals surface area contributed by atoms with E-state index in [0.29, 0.717) is 23.4 Å². The van der Waals surface area contributed by atoms with Crippen molar-refractivity contribution in [1.82, 2.24) is 20.5 Å². The Morgan fingerprint density at radius 3 is 2.64 bits per heavy atom. The summed E-state index contributed by atoms with van der Waals surface area (Å²) in [6, 6.07) is 0. The minimum absolute atomic E-state index is 0. The number of nitrogens with zero attached hydrogens (tertiary/aromatic N) is 3. The Labute approximate surface area is 186 Å². The van der Waals surface area contributed by atoms with Crippen molar-refractivity contribution < 1.29 is 13.2 Å². The van der Waals surface area contributed by atoms with Crippen LogP contribution in [-0.2, 0) is 12.7 Å². The largest absolute Gasteiger partial charge is 0.434 e. The van der Waals surface area contributed by atoms with Crippen LogP contribution in [0.15, 0.2) is 10.4 Å². The molecule has 2 rings (SSSR count). The van der Waals surface area contributed by atoms with Crippen molar-refractivity contribution in [3.8, 4) is 0 Å². The molecule has 1 aliphatic rings. The third-order valence-corrected chi connectivity index (χ3v) is 5.99. The molecule has 0 amide bonds. The van der Waals surface area contributed by atoms with Crippen LogP contribution in [0.25, 0.3) is 0 Å². The lowest BCUT2D eigenvalue weighted by Gasteiger charge is -2.45. The fourth-order valence-electron chi connectivity index (χ4n) is 3.61. The molecule has 1 aromatic heterocycles. The summed E-state index contributed by atoms with van der Waals surface area (Å²) in [6.45, 7) is 5.82. The van der Waals surface area contributed by atoms with E-state index in [0.717, 1.165) is 36.1 Å². The topological polar surface area (TPSA) is 52.6 Å². The lowest BCUT2D eigenvalue weighted by molar-refractivity contribution is -0.140. The van der Waals surface area contributed by atoms with Crippen LogP contribution in [0, 0.1) is 5.92 Å². The molecule has 0 radical (unpaired) electrons. The molecule has 1 aliphatic carbocycles. The summed E-state index contributed by atoms with van der Waals surface area (Å²) in [4.78, 5) is 10.4. The van der Waals surface area contributed by atoms with Gasteiger partial charge in [0.25, 0.3) is 0 Å². The van der Waals surface area contributed by atoms with E-state index in [9.17, 15) is 13.2 Å². The molecule has 0 saturated heterocycles. The van der Waals surface area contributed by atoms with Gasteiger partial charge in [-0.25, -0.2) is 9.98 Å². The molecule has 2 atom stereocenters. The molecule has 5 nitrogen and oxygen atoms in total. The summed E-state index contributed by atoms with van der Waals surface area (Å²) < 4.78 is 38.0. The van der Waals surface area contributed by atoms with Gasteiger partial charge in [0.05, 0.1) is 6.54 Å². The number of halogens is 4. The van der Waals surface area contributed by atoms with Gasteiger partial charge in [0, 0.05) is 24.0 Å². The van der Waals surface area contributed by atoms with E-state index in [1.165, 1.54) is 12.8 Å². The number of guanidine groups is 1. The number of thiazole rings is 1. The van der Waals surface area contributed by atoms with Gasteiger partial charge in [0.15, 0.2) is 11.7 Å². The molecule has 1 fully saturated rings. The molecule has 162 valence electrons. The standard InChI is InChI=1S/C18H30F3N5S.HI/c1-5-22-16(23-10-15-25-14(11-27-15)18(19,20)21)24-12-17(26(3)4)8-6-7-13(2)9-17;/h11,13H,5-10,12H2,1-4H3,(H2,22,23,24);1H. The minimum Gasteiger partial charge on any atom is -0.357 e. The number of aliphatic imine (C=N–C) groups is 1. The second-order valence-corrected chi connectivity index (χ2v) is 8.44. The molecule has 2 N–H and O–H groups in total. The van der Waals surface area contributed by atoms with Crippen LogP contribution in [0.5, 0.6) is 0 Å². The first-order chi connectivity index (χ1) is 12.7. The number of nitrogens with one attached hydrogen (secondary N) is 2. The number of likely N-dealkylation sites (N-methyl/N-ethyl adjacent to an activating group) is 1. The Morgan fingerprint density at radius 1 is 1.39 bits per heavy atom. The van der Waals surface area contributed by atoms with Gasteiger partial charge >= 0.3 is 6.18 Å². The highest BCUT2D eigenvalue weighted by Gasteiger charge is 2.37. The zero-order valence-electron chi connectivity index (χ0n) is 16.9. The fraction of sp³-hybridized carbons (Fsp3) is 0.778. The maximum Gasteiger partial charge on any atom is 0.434 e. The van der Waals surface area contributed by atoms with E-state index in [2.05, 4.69) is 46.5 Å². The van der Waals surface area contributed by atoms with Crippen molar-refractivity contribution in [2.75, 3.05) is 27.2 Å². The molecule has 1 heterocycles. The molecular formula is C18H31F3IN5S. The van der Waals surface area contributed by atoms with Gasteiger partial charge in [-0.1, -0.05) is 19.8 Å². The Kier molecular flexibility index (Phi) is 9.95. The second-order valence-electron chi connectivity index (χ2n) is 7.49. The zero-order valence-corrected chi connectivity index (χ0v) is 20.0. The summed E-state index contributed by atoms with van der Waals surface area (Å²) >= 11 is 0.985. The molecule has 0 aromatic carbocycles. The number of hydrogen-bond acceptors (Lipinski definition) is 4. The molecule has 1 saturated carbocycles. The van der Waals surface area contributed by atoms with Gasteiger partial charge in [-0.2, -0.15) is 13.2 Å². The summed E-state index contributed by atoms with van der Waals surface area (Å²) in [7, 11) is 4.22. The fourth-order valence-corrected chi connectivity index (χ4v) is 4.33. The molecule has 1 aromatic rings. The summed E-state index contributed by atoms with van der Waals surface area (Å²) in [5, 5.41) is 7.96. The van der Waals surface area contributed by atoms with Crippen LogP contribution >= 0.6 is 35.3 Å². The first kappa shape index (κ1) is 25.4. The van der Waals surface area contributed by atoms with Crippen LogP contribution in [0.2, 0.25) is 0 Å². The number of hydrogen-bond donors (Lipinski definition) is 2. The maximum absolute atomic E-state index is 12.7. The predicted octanol–water partition coefficient (Wildman–Crippen LogP) is 4.35. The molecular weight excluding hydrogens is 502 g/mol. The molecule has 10 heteroatoms. The predicted molar refractivity (Wildman–Crippen MR) is 119 cm³/mol. The Hall–Kier alpha value is -0.620. The molecule has 28 heavy (non-hydrogen) atoms. The minimum atomic E-state index is -4.41. The van der Waals surface area contributed by atoms with E-state index in [-0.39, 0.29) is 36.1 Å². The molecule has 0 bridgehead atoms. The lowest BCUT2D eigenvalue weighted by Crippen LogP contribution is -2.56. The van der Waals surface area contributed by atoms with Gasteiger partial charge in [-0.05, 0) is 39.8 Å². The Balaban J connectivity index is 0.00000392. The number of rotatable bonds is 6. The average molecular weight is 533 g/mol. The highest BCUT2D eigenvalue weighted by molar-refractivity contribution is 14.0. The van der Waals surface area contributed by atoms with Crippen LogP contribution in [0.3, 0.4) is 0 Å². The summed E-state index contributed by atoms with van der Waals surface area (Å²) in [5.41, 5.74) is -0.781. The summed E-state index contributed by atoms with van der Waals surface area (Å²) in [6.07, 6.45) is 0.298. The molecule has 0 spiro atoms. The van der Waals surface area contributed by atoms with Gasteiger partial charge in [-0.15, -0.1) is 35.3 Å². The highest BCUT2D eigenvalue weighted by Crippen LogP contribution is 2.35. The van der Waals surface area contributed by atoms with E-state index in [1.807, 2.05) is 6.92 Å². The first-order valence-electron chi connectivity index (χ1n) is 9.37. The third-order valence-electron chi connectivity index (χ3n) is 5.16. The second kappa shape index (κ2) is 11.0. The van der Waals surface area contributed by atoms with Crippen molar-refractivity contribution in [2.24, 2.45) is 10.9 Å². The number of alkyl halides is 3. The quantitative estimate of drug-likeness (QED) is 0.325. The molecule has 0 aliphatic heterocycles. The Bertz CT molecular complexity index is 635. The van der Waals surface area contributed by atoms with Crippen molar-refractivity contribution in [3.63, 3.8) is 0 Å². The summed E-state index contributed by atoms with van der Waals surface area (Å²) in [5.74, 6) is 1.29.